The van der Waals surface area contributed by atoms with Crippen molar-refractivity contribution in [3.63, 3.8) is 0 Å². The van der Waals surface area contributed by atoms with Gasteiger partial charge in [-0.2, -0.15) is 0 Å². The van der Waals surface area contributed by atoms with Crippen LogP contribution in [0.2, 0.25) is 0 Å². The number of carboxylic acids is 1. The highest BCUT2D eigenvalue weighted by molar-refractivity contribution is 5.76. The average Bonchev–Trinajstić information content (AvgIpc) is 2.63. The third kappa shape index (κ3) is 3.10. The number of imidazole rings is 1. The summed E-state index contributed by atoms with van der Waals surface area (Å²) in [5.74, 6) is -0.0662. The summed E-state index contributed by atoms with van der Waals surface area (Å²) in [6, 6.07) is 4.49. The fourth-order valence-corrected chi connectivity index (χ4v) is 2.13. The second kappa shape index (κ2) is 5.38. The summed E-state index contributed by atoms with van der Waals surface area (Å²) < 4.78 is 15.2. The van der Waals surface area contributed by atoms with Crippen molar-refractivity contribution in [1.29, 1.82) is 0 Å². The Hall–Kier alpha value is -1.91. The maximum Gasteiger partial charge on any atom is 0.303 e. The van der Waals surface area contributed by atoms with Crippen LogP contribution in [0.5, 0.6) is 0 Å². The van der Waals surface area contributed by atoms with Gasteiger partial charge in [-0.25, -0.2) is 9.37 Å². The van der Waals surface area contributed by atoms with Gasteiger partial charge in [0.05, 0.1) is 17.5 Å². The summed E-state index contributed by atoms with van der Waals surface area (Å²) in [7, 11) is 0. The van der Waals surface area contributed by atoms with Crippen molar-refractivity contribution in [2.24, 2.45) is 5.92 Å². The maximum atomic E-state index is 13.2. The number of hydrogen-bond acceptors (Lipinski definition) is 2. The minimum absolute atomic E-state index is 0.0316. The predicted molar refractivity (Wildman–Crippen MR) is 70.5 cm³/mol. The van der Waals surface area contributed by atoms with E-state index in [9.17, 15) is 9.18 Å². The van der Waals surface area contributed by atoms with Crippen LogP contribution >= 0.6 is 0 Å². The first kappa shape index (κ1) is 13.5. The number of carbonyl (C=O) groups is 1. The van der Waals surface area contributed by atoms with E-state index < -0.39 is 5.97 Å². The number of aromatic nitrogens is 2. The predicted octanol–water partition coefficient (Wildman–Crippen LogP) is 2.85. The van der Waals surface area contributed by atoms with Gasteiger partial charge in [-0.05, 0) is 18.1 Å². The Balaban J connectivity index is 2.44. The zero-order valence-electron chi connectivity index (χ0n) is 11.1. The first-order valence-electron chi connectivity index (χ1n) is 6.34. The molecule has 0 saturated heterocycles. The van der Waals surface area contributed by atoms with Crippen molar-refractivity contribution in [2.45, 2.75) is 33.2 Å². The number of nitrogens with zero attached hydrogens (tertiary/aromatic N) is 2. The fraction of sp³-hybridized carbons (Fsp3) is 0.429. The molecular formula is C14H17FN2O2. The molecule has 2 rings (SSSR count). The third-order valence-corrected chi connectivity index (χ3v) is 2.90. The first-order chi connectivity index (χ1) is 8.97. The molecule has 2 aromatic rings. The Kier molecular flexibility index (Phi) is 3.83. The van der Waals surface area contributed by atoms with Gasteiger partial charge in [-0.15, -0.1) is 0 Å². The molecule has 0 aliphatic heterocycles. The van der Waals surface area contributed by atoms with Crippen LogP contribution in [0.3, 0.4) is 0 Å². The molecule has 5 heteroatoms. The number of halogens is 1. The molecule has 0 atom stereocenters. The molecule has 19 heavy (non-hydrogen) atoms. The number of benzene rings is 1. The van der Waals surface area contributed by atoms with Gasteiger partial charge in [0, 0.05) is 19.0 Å². The Morgan fingerprint density at radius 1 is 1.47 bits per heavy atom. The van der Waals surface area contributed by atoms with Crippen molar-refractivity contribution in [1.82, 2.24) is 9.55 Å². The summed E-state index contributed by atoms with van der Waals surface area (Å²) in [5, 5.41) is 8.77. The molecule has 0 unspecified atom stereocenters. The standard InChI is InChI=1S/C14H17FN2O2/c1-9(2)8-17-12-4-3-10(15)7-11(12)16-13(17)5-6-14(18)19/h3-4,7,9H,5-6,8H2,1-2H3,(H,18,19). The molecule has 4 nitrogen and oxygen atoms in total. The lowest BCUT2D eigenvalue weighted by molar-refractivity contribution is -0.137. The van der Waals surface area contributed by atoms with Crippen LogP contribution in [-0.2, 0) is 17.8 Å². The normalized spacial score (nSPS) is 11.4. The summed E-state index contributed by atoms with van der Waals surface area (Å²) >= 11 is 0. The van der Waals surface area contributed by atoms with Crippen LogP contribution in [0.1, 0.15) is 26.1 Å². The van der Waals surface area contributed by atoms with Gasteiger partial charge in [0.15, 0.2) is 0 Å². The number of aryl methyl sites for hydroxylation is 1. The van der Waals surface area contributed by atoms with E-state index in [-0.39, 0.29) is 12.2 Å². The molecule has 1 aromatic heterocycles. The van der Waals surface area contributed by atoms with Crippen LogP contribution in [-0.4, -0.2) is 20.6 Å². The average molecular weight is 264 g/mol. The molecule has 1 N–H and O–H groups in total. The number of rotatable bonds is 5. The van der Waals surface area contributed by atoms with Crippen LogP contribution in [0, 0.1) is 11.7 Å². The molecule has 0 fully saturated rings. The molecule has 1 heterocycles. The van der Waals surface area contributed by atoms with Crippen molar-refractivity contribution in [2.75, 3.05) is 0 Å². The van der Waals surface area contributed by atoms with E-state index in [1.807, 2.05) is 4.57 Å². The van der Waals surface area contributed by atoms with Crippen LogP contribution in [0.15, 0.2) is 18.2 Å². The van der Waals surface area contributed by atoms with E-state index in [1.165, 1.54) is 12.1 Å². The summed E-state index contributed by atoms with van der Waals surface area (Å²) in [5.41, 5.74) is 1.44. The monoisotopic (exact) mass is 264 g/mol. The second-order valence-electron chi connectivity index (χ2n) is 5.06. The van der Waals surface area contributed by atoms with Crippen molar-refractivity contribution >= 4 is 17.0 Å². The summed E-state index contributed by atoms with van der Waals surface area (Å²) in [6.45, 7) is 4.91. The quantitative estimate of drug-likeness (QED) is 0.903. The van der Waals surface area contributed by atoms with Gasteiger partial charge in [0.1, 0.15) is 11.6 Å². The minimum Gasteiger partial charge on any atom is -0.481 e. The summed E-state index contributed by atoms with van der Waals surface area (Å²) in [4.78, 5) is 15.0. The molecule has 0 aliphatic rings. The smallest absolute Gasteiger partial charge is 0.303 e. The van der Waals surface area contributed by atoms with Crippen LogP contribution in [0.25, 0.3) is 11.0 Å². The zero-order valence-corrected chi connectivity index (χ0v) is 11.1. The van der Waals surface area contributed by atoms with Crippen molar-refractivity contribution in [3.8, 4) is 0 Å². The van der Waals surface area contributed by atoms with E-state index in [0.29, 0.717) is 23.7 Å². The number of aliphatic carboxylic acids is 1. The number of fused-ring (bicyclic) bond motifs is 1. The fourth-order valence-electron chi connectivity index (χ4n) is 2.13. The van der Waals surface area contributed by atoms with Gasteiger partial charge < -0.3 is 9.67 Å². The minimum atomic E-state index is -0.852. The SMILES string of the molecule is CC(C)Cn1c(CCC(=O)O)nc2cc(F)ccc21. The number of carboxylic acid groups (broad SMARTS) is 1. The zero-order chi connectivity index (χ0) is 14.0. The van der Waals surface area contributed by atoms with E-state index in [2.05, 4.69) is 18.8 Å². The van der Waals surface area contributed by atoms with E-state index in [1.54, 1.807) is 6.07 Å². The van der Waals surface area contributed by atoms with E-state index >= 15 is 0 Å². The topological polar surface area (TPSA) is 55.1 Å². The molecule has 0 saturated carbocycles. The van der Waals surface area contributed by atoms with Gasteiger partial charge in [0.25, 0.3) is 0 Å². The van der Waals surface area contributed by atoms with Gasteiger partial charge in [0.2, 0.25) is 0 Å². The Morgan fingerprint density at radius 2 is 2.21 bits per heavy atom. The second-order valence-corrected chi connectivity index (χ2v) is 5.06. The van der Waals surface area contributed by atoms with E-state index in [0.717, 1.165) is 12.1 Å². The van der Waals surface area contributed by atoms with Crippen molar-refractivity contribution < 1.29 is 14.3 Å². The highest BCUT2D eigenvalue weighted by atomic mass is 19.1. The molecule has 102 valence electrons. The Bertz CT molecular complexity index is 605. The Morgan fingerprint density at radius 3 is 2.84 bits per heavy atom. The van der Waals surface area contributed by atoms with Crippen molar-refractivity contribution in [3.05, 3.63) is 29.8 Å². The Labute approximate surface area is 110 Å². The molecule has 0 bridgehead atoms. The lowest BCUT2D eigenvalue weighted by Gasteiger charge is -2.11. The highest BCUT2D eigenvalue weighted by Gasteiger charge is 2.13. The molecule has 0 amide bonds. The molecule has 0 spiro atoms. The number of hydrogen-bond donors (Lipinski definition) is 1. The van der Waals surface area contributed by atoms with Gasteiger partial charge in [-0.3, -0.25) is 4.79 Å². The third-order valence-electron chi connectivity index (χ3n) is 2.90. The molecule has 0 radical (unpaired) electrons. The van der Waals surface area contributed by atoms with Gasteiger partial charge >= 0.3 is 5.97 Å². The summed E-state index contributed by atoms with van der Waals surface area (Å²) in [6.07, 6.45) is 0.391. The maximum absolute atomic E-state index is 13.2. The molecule has 0 aliphatic carbocycles. The van der Waals surface area contributed by atoms with Crippen LogP contribution in [0.4, 0.5) is 4.39 Å². The van der Waals surface area contributed by atoms with E-state index in [4.69, 9.17) is 5.11 Å². The lowest BCUT2D eigenvalue weighted by Crippen LogP contribution is -2.10. The molecular weight excluding hydrogens is 247 g/mol. The first-order valence-corrected chi connectivity index (χ1v) is 6.34. The highest BCUT2D eigenvalue weighted by Crippen LogP contribution is 2.20. The van der Waals surface area contributed by atoms with Gasteiger partial charge in [-0.1, -0.05) is 13.8 Å². The lowest BCUT2D eigenvalue weighted by atomic mass is 10.2. The van der Waals surface area contributed by atoms with Crippen LogP contribution < -0.4 is 0 Å². The largest absolute Gasteiger partial charge is 0.481 e. The molecule has 1 aromatic carbocycles.